The molecule has 2 aromatic rings. The van der Waals surface area contributed by atoms with Crippen LogP contribution in [0.1, 0.15) is 25.3 Å². The molecule has 2 rings (SSSR count). The van der Waals surface area contributed by atoms with Crippen molar-refractivity contribution in [3.8, 4) is 17.2 Å². The molecule has 1 aromatic carbocycles. The van der Waals surface area contributed by atoms with E-state index in [0.29, 0.717) is 22.3 Å². The lowest BCUT2D eigenvalue weighted by Crippen LogP contribution is -2.00. The van der Waals surface area contributed by atoms with Crippen LogP contribution in [0.5, 0.6) is 17.2 Å². The second-order valence-corrected chi connectivity index (χ2v) is 4.96. The molecule has 0 aliphatic carbocycles. The number of ether oxygens (including phenoxy) is 2. The van der Waals surface area contributed by atoms with Crippen LogP contribution in [0.15, 0.2) is 24.7 Å². The van der Waals surface area contributed by atoms with Gasteiger partial charge in [-0.3, -0.25) is 0 Å². The van der Waals surface area contributed by atoms with Crippen LogP contribution in [-0.2, 0) is 0 Å². The number of aromatic nitrogens is 2. The van der Waals surface area contributed by atoms with E-state index in [2.05, 4.69) is 23.8 Å². The Labute approximate surface area is 122 Å². The van der Waals surface area contributed by atoms with E-state index in [0.717, 1.165) is 5.56 Å². The number of halogens is 1. The second-order valence-electron chi connectivity index (χ2n) is 4.55. The molecule has 2 N–H and O–H groups in total. The third kappa shape index (κ3) is 2.93. The number of benzene rings is 1. The largest absolute Gasteiger partial charge is 0.495 e. The maximum atomic E-state index is 6.14. The van der Waals surface area contributed by atoms with Crippen molar-refractivity contribution in [1.29, 1.82) is 0 Å². The summed E-state index contributed by atoms with van der Waals surface area (Å²) in [6.07, 6.45) is 2.89. The lowest BCUT2D eigenvalue weighted by atomic mass is 10.0. The average Bonchev–Trinajstić information content (AvgIpc) is 2.41. The van der Waals surface area contributed by atoms with Crippen LogP contribution in [0.25, 0.3) is 0 Å². The molecule has 0 radical (unpaired) electrons. The second kappa shape index (κ2) is 5.96. The normalized spacial score (nSPS) is 10.7. The Bertz CT molecular complexity index is 617. The summed E-state index contributed by atoms with van der Waals surface area (Å²) in [6.45, 7) is 4.11. The van der Waals surface area contributed by atoms with Crippen molar-refractivity contribution in [3.63, 3.8) is 0 Å². The fourth-order valence-electron chi connectivity index (χ4n) is 1.77. The highest BCUT2D eigenvalue weighted by Gasteiger charge is 2.15. The van der Waals surface area contributed by atoms with Crippen LogP contribution in [0.2, 0.25) is 5.02 Å². The smallest absolute Gasteiger partial charge is 0.187 e. The molecule has 106 valence electrons. The van der Waals surface area contributed by atoms with Crippen LogP contribution in [0.3, 0.4) is 0 Å². The molecule has 1 heterocycles. The Morgan fingerprint density at radius 1 is 1.20 bits per heavy atom. The molecule has 5 nitrogen and oxygen atoms in total. The predicted octanol–water partition coefficient (Wildman–Crippen LogP) is 3.64. The molecule has 20 heavy (non-hydrogen) atoms. The lowest BCUT2D eigenvalue weighted by Gasteiger charge is -2.16. The van der Waals surface area contributed by atoms with E-state index in [-0.39, 0.29) is 11.7 Å². The molecule has 0 aliphatic heterocycles. The van der Waals surface area contributed by atoms with E-state index in [1.165, 1.54) is 12.5 Å². The molecular weight excluding hydrogens is 278 g/mol. The minimum Gasteiger partial charge on any atom is -0.495 e. The first kappa shape index (κ1) is 14.4. The molecule has 0 atom stereocenters. The number of nitrogen functional groups attached to an aromatic ring is 1. The number of anilines is 1. The van der Waals surface area contributed by atoms with E-state index in [1.54, 1.807) is 13.2 Å². The van der Waals surface area contributed by atoms with E-state index in [9.17, 15) is 0 Å². The van der Waals surface area contributed by atoms with Gasteiger partial charge in [-0.15, -0.1) is 0 Å². The summed E-state index contributed by atoms with van der Waals surface area (Å²) in [5.41, 5.74) is 6.72. The Balaban J connectivity index is 2.45. The first-order chi connectivity index (χ1) is 9.52. The Morgan fingerprint density at radius 2 is 1.95 bits per heavy atom. The summed E-state index contributed by atoms with van der Waals surface area (Å²) in [5, 5.41) is 0.474. The van der Waals surface area contributed by atoms with Crippen LogP contribution >= 0.6 is 11.6 Å². The van der Waals surface area contributed by atoms with Crippen molar-refractivity contribution in [2.24, 2.45) is 0 Å². The SMILES string of the molecule is COc1cc(C(C)C)c(Oc2cncnc2N)cc1Cl. The maximum Gasteiger partial charge on any atom is 0.187 e. The molecule has 0 unspecified atom stereocenters. The summed E-state index contributed by atoms with van der Waals surface area (Å²) in [5.74, 6) is 2.15. The molecule has 0 amide bonds. The molecular formula is C14H16ClN3O2. The zero-order valence-electron chi connectivity index (χ0n) is 11.6. The van der Waals surface area contributed by atoms with Gasteiger partial charge in [0.15, 0.2) is 11.6 Å². The third-order valence-electron chi connectivity index (χ3n) is 2.83. The van der Waals surface area contributed by atoms with Gasteiger partial charge in [0.05, 0.1) is 18.3 Å². The number of hydrogen-bond acceptors (Lipinski definition) is 5. The van der Waals surface area contributed by atoms with Crippen LogP contribution < -0.4 is 15.2 Å². The Morgan fingerprint density at radius 3 is 2.55 bits per heavy atom. The number of methoxy groups -OCH3 is 1. The van der Waals surface area contributed by atoms with Crippen molar-refractivity contribution < 1.29 is 9.47 Å². The molecule has 6 heteroatoms. The van der Waals surface area contributed by atoms with Gasteiger partial charge in [0.25, 0.3) is 0 Å². The molecule has 0 aliphatic rings. The van der Waals surface area contributed by atoms with E-state index in [1.807, 2.05) is 6.07 Å². The molecule has 0 fully saturated rings. The average molecular weight is 294 g/mol. The van der Waals surface area contributed by atoms with Crippen molar-refractivity contribution in [2.75, 3.05) is 12.8 Å². The van der Waals surface area contributed by atoms with Gasteiger partial charge in [-0.1, -0.05) is 25.4 Å². The summed E-state index contributed by atoms with van der Waals surface area (Å²) < 4.78 is 11.0. The van der Waals surface area contributed by atoms with Gasteiger partial charge in [-0.05, 0) is 12.0 Å². The van der Waals surface area contributed by atoms with Crippen molar-refractivity contribution in [2.45, 2.75) is 19.8 Å². The predicted molar refractivity (Wildman–Crippen MR) is 78.6 cm³/mol. The number of rotatable bonds is 4. The van der Waals surface area contributed by atoms with Crippen LogP contribution in [0.4, 0.5) is 5.82 Å². The minimum absolute atomic E-state index is 0.238. The highest BCUT2D eigenvalue weighted by atomic mass is 35.5. The first-order valence-electron chi connectivity index (χ1n) is 6.13. The maximum absolute atomic E-state index is 6.14. The van der Waals surface area contributed by atoms with Gasteiger partial charge < -0.3 is 15.2 Å². The fourth-order valence-corrected chi connectivity index (χ4v) is 2.00. The zero-order chi connectivity index (χ0) is 14.7. The lowest BCUT2D eigenvalue weighted by molar-refractivity contribution is 0.411. The van der Waals surface area contributed by atoms with Gasteiger partial charge in [0.1, 0.15) is 17.8 Å². The number of nitrogens with zero attached hydrogens (tertiary/aromatic N) is 2. The topological polar surface area (TPSA) is 70.3 Å². The quantitative estimate of drug-likeness (QED) is 0.932. The standard InChI is InChI=1S/C14H16ClN3O2/c1-8(2)9-4-12(19-3)10(15)5-11(9)20-13-6-17-7-18-14(13)16/h4-8H,1-3H3,(H2,16,17,18). The van der Waals surface area contributed by atoms with Crippen molar-refractivity contribution >= 4 is 17.4 Å². The summed E-state index contributed by atoms with van der Waals surface area (Å²) >= 11 is 6.14. The highest BCUT2D eigenvalue weighted by molar-refractivity contribution is 6.32. The molecule has 0 saturated heterocycles. The Hall–Kier alpha value is -2.01. The zero-order valence-corrected chi connectivity index (χ0v) is 12.3. The first-order valence-corrected chi connectivity index (χ1v) is 6.51. The highest BCUT2D eigenvalue weighted by Crippen LogP contribution is 2.38. The molecule has 0 saturated carbocycles. The van der Waals surface area contributed by atoms with Gasteiger partial charge in [0, 0.05) is 11.6 Å². The van der Waals surface area contributed by atoms with Gasteiger partial charge in [-0.2, -0.15) is 0 Å². The van der Waals surface area contributed by atoms with E-state index < -0.39 is 0 Å². The summed E-state index contributed by atoms with van der Waals surface area (Å²) in [7, 11) is 1.58. The Kier molecular flexibility index (Phi) is 4.29. The van der Waals surface area contributed by atoms with Crippen LogP contribution in [-0.4, -0.2) is 17.1 Å². The fraction of sp³-hybridized carbons (Fsp3) is 0.286. The van der Waals surface area contributed by atoms with Crippen LogP contribution in [0, 0.1) is 0 Å². The van der Waals surface area contributed by atoms with Gasteiger partial charge >= 0.3 is 0 Å². The summed E-state index contributed by atoms with van der Waals surface area (Å²) in [4.78, 5) is 7.79. The van der Waals surface area contributed by atoms with Gasteiger partial charge in [-0.25, -0.2) is 9.97 Å². The van der Waals surface area contributed by atoms with E-state index in [4.69, 9.17) is 26.8 Å². The third-order valence-corrected chi connectivity index (χ3v) is 3.13. The van der Waals surface area contributed by atoms with Gasteiger partial charge in [0.2, 0.25) is 0 Å². The minimum atomic E-state index is 0.238. The van der Waals surface area contributed by atoms with Crippen molar-refractivity contribution in [3.05, 3.63) is 35.2 Å². The molecule has 0 spiro atoms. The van der Waals surface area contributed by atoms with Crippen molar-refractivity contribution in [1.82, 2.24) is 9.97 Å². The number of nitrogens with two attached hydrogens (primary N) is 1. The molecule has 1 aromatic heterocycles. The summed E-state index contributed by atoms with van der Waals surface area (Å²) in [6, 6.07) is 3.57. The molecule has 0 bridgehead atoms. The van der Waals surface area contributed by atoms with E-state index >= 15 is 0 Å². The monoisotopic (exact) mass is 293 g/mol. The number of hydrogen-bond donors (Lipinski definition) is 1.